The van der Waals surface area contributed by atoms with E-state index in [1.165, 1.54) is 24.7 Å². The number of anilines is 1. The number of nitrogen functional groups attached to an aromatic ring is 1. The van der Waals surface area contributed by atoms with Crippen LogP contribution >= 0.6 is 11.6 Å². The van der Waals surface area contributed by atoms with Crippen LogP contribution in [0.4, 0.5) is 5.69 Å². The number of aromatic nitrogens is 2. The molecule has 0 radical (unpaired) electrons. The van der Waals surface area contributed by atoms with Crippen LogP contribution in [0.15, 0.2) is 30.7 Å². The Balaban J connectivity index is 2.34. The fourth-order valence-corrected chi connectivity index (χ4v) is 1.36. The van der Waals surface area contributed by atoms with Crippen molar-refractivity contribution in [2.75, 3.05) is 5.73 Å². The molecule has 2 rings (SSSR count). The molecule has 2 N–H and O–H groups in total. The highest BCUT2D eigenvalue weighted by atomic mass is 35.5. The zero-order chi connectivity index (χ0) is 12.3. The molecular formula is C11H7ClN4O. The first-order valence-electron chi connectivity index (χ1n) is 4.63. The highest BCUT2D eigenvalue weighted by molar-refractivity contribution is 6.30. The maximum absolute atomic E-state index is 8.81. The Labute approximate surface area is 102 Å². The van der Waals surface area contributed by atoms with Crippen molar-refractivity contribution in [1.29, 1.82) is 5.26 Å². The molecule has 0 bridgehead atoms. The highest BCUT2D eigenvalue weighted by Crippen LogP contribution is 2.27. The van der Waals surface area contributed by atoms with Gasteiger partial charge in [0.05, 0.1) is 16.8 Å². The third kappa shape index (κ3) is 2.44. The maximum atomic E-state index is 8.81. The summed E-state index contributed by atoms with van der Waals surface area (Å²) in [6.07, 6.45) is 4.41. The molecule has 0 saturated carbocycles. The van der Waals surface area contributed by atoms with E-state index < -0.39 is 0 Å². The molecule has 6 heteroatoms. The third-order valence-corrected chi connectivity index (χ3v) is 2.18. The normalized spacial score (nSPS) is 9.65. The van der Waals surface area contributed by atoms with Gasteiger partial charge >= 0.3 is 0 Å². The van der Waals surface area contributed by atoms with Gasteiger partial charge in [0.15, 0.2) is 0 Å². The molecule has 0 amide bonds. The maximum Gasteiger partial charge on any atom is 0.244 e. The van der Waals surface area contributed by atoms with E-state index in [0.29, 0.717) is 16.3 Å². The molecule has 0 unspecified atom stereocenters. The lowest BCUT2D eigenvalue weighted by Gasteiger charge is -2.07. The molecule has 0 aliphatic carbocycles. The number of ether oxygens (including phenoxy) is 1. The summed E-state index contributed by atoms with van der Waals surface area (Å²) < 4.78 is 5.40. The minimum Gasteiger partial charge on any atom is -0.435 e. The Hall–Kier alpha value is -2.32. The van der Waals surface area contributed by atoms with Crippen LogP contribution in [0.2, 0.25) is 5.02 Å². The Morgan fingerprint density at radius 2 is 2.24 bits per heavy atom. The molecule has 2 aromatic rings. The molecule has 2 aromatic heterocycles. The first kappa shape index (κ1) is 11.2. The summed E-state index contributed by atoms with van der Waals surface area (Å²) in [5, 5.41) is 9.25. The van der Waals surface area contributed by atoms with E-state index in [2.05, 4.69) is 9.97 Å². The monoisotopic (exact) mass is 246 g/mol. The third-order valence-electron chi connectivity index (χ3n) is 1.97. The summed E-state index contributed by atoms with van der Waals surface area (Å²) in [4.78, 5) is 7.80. The number of hydrogen-bond acceptors (Lipinski definition) is 5. The number of nitriles is 1. The minimum absolute atomic E-state index is 0.160. The minimum atomic E-state index is 0.160. The largest absolute Gasteiger partial charge is 0.435 e. The molecule has 0 aliphatic rings. The van der Waals surface area contributed by atoms with Crippen LogP contribution in [0, 0.1) is 11.3 Å². The zero-order valence-corrected chi connectivity index (χ0v) is 9.35. The van der Waals surface area contributed by atoms with Gasteiger partial charge in [0.2, 0.25) is 5.88 Å². The van der Waals surface area contributed by atoms with E-state index in [0.717, 1.165) is 0 Å². The summed E-state index contributed by atoms with van der Waals surface area (Å²) >= 11 is 5.76. The number of halogens is 1. The van der Waals surface area contributed by atoms with Gasteiger partial charge in [-0.2, -0.15) is 5.26 Å². The molecule has 0 atom stereocenters. The van der Waals surface area contributed by atoms with Crippen molar-refractivity contribution in [3.8, 4) is 17.7 Å². The molecular weight excluding hydrogens is 240 g/mol. The summed E-state index contributed by atoms with van der Waals surface area (Å²) in [6, 6.07) is 5.04. The van der Waals surface area contributed by atoms with Crippen LogP contribution in [-0.4, -0.2) is 9.97 Å². The van der Waals surface area contributed by atoms with E-state index >= 15 is 0 Å². The molecule has 0 saturated heterocycles. The summed E-state index contributed by atoms with van der Waals surface area (Å²) in [6.45, 7) is 0. The Kier molecular flexibility index (Phi) is 3.08. The van der Waals surface area contributed by atoms with Crippen molar-refractivity contribution in [3.05, 3.63) is 41.3 Å². The van der Waals surface area contributed by atoms with Gasteiger partial charge in [-0.05, 0) is 6.07 Å². The first-order valence-corrected chi connectivity index (χ1v) is 5.01. The van der Waals surface area contributed by atoms with E-state index in [1.807, 2.05) is 6.07 Å². The van der Waals surface area contributed by atoms with Gasteiger partial charge in [0.1, 0.15) is 17.5 Å². The second-order valence-electron chi connectivity index (χ2n) is 3.13. The highest BCUT2D eigenvalue weighted by Gasteiger charge is 2.08. The van der Waals surface area contributed by atoms with Crippen LogP contribution in [0.1, 0.15) is 5.56 Å². The second-order valence-corrected chi connectivity index (χ2v) is 3.57. The predicted molar refractivity (Wildman–Crippen MR) is 62.7 cm³/mol. The van der Waals surface area contributed by atoms with Gasteiger partial charge < -0.3 is 10.5 Å². The number of pyridine rings is 2. The van der Waals surface area contributed by atoms with Crippen LogP contribution in [-0.2, 0) is 0 Å². The van der Waals surface area contributed by atoms with Crippen molar-refractivity contribution in [2.45, 2.75) is 0 Å². The fraction of sp³-hybridized carbons (Fsp3) is 0. The van der Waals surface area contributed by atoms with E-state index in [9.17, 15) is 0 Å². The van der Waals surface area contributed by atoms with Crippen LogP contribution < -0.4 is 10.5 Å². The lowest BCUT2D eigenvalue weighted by molar-refractivity contribution is 0.463. The quantitative estimate of drug-likeness (QED) is 0.879. The number of rotatable bonds is 2. The summed E-state index contributed by atoms with van der Waals surface area (Å²) in [5.74, 6) is 0.569. The molecule has 0 aliphatic heterocycles. The van der Waals surface area contributed by atoms with Crippen molar-refractivity contribution in [2.24, 2.45) is 0 Å². The SMILES string of the molecule is N#Cc1ccnc(Oc2cncc(Cl)c2)c1N. The van der Waals surface area contributed by atoms with Gasteiger partial charge in [-0.3, -0.25) is 4.98 Å². The van der Waals surface area contributed by atoms with E-state index in [-0.39, 0.29) is 11.6 Å². The lowest BCUT2D eigenvalue weighted by atomic mass is 10.2. The fourth-order valence-electron chi connectivity index (χ4n) is 1.19. The lowest BCUT2D eigenvalue weighted by Crippen LogP contribution is -1.97. The number of nitrogens with zero attached hydrogens (tertiary/aromatic N) is 3. The zero-order valence-electron chi connectivity index (χ0n) is 8.59. The van der Waals surface area contributed by atoms with Gasteiger partial charge in [-0.1, -0.05) is 11.6 Å². The average Bonchev–Trinajstić information content (AvgIpc) is 2.32. The second kappa shape index (κ2) is 4.68. The van der Waals surface area contributed by atoms with Crippen molar-refractivity contribution in [3.63, 3.8) is 0 Å². The van der Waals surface area contributed by atoms with Crippen LogP contribution in [0.25, 0.3) is 0 Å². The standard InChI is InChI=1S/C11H7ClN4O/c12-8-3-9(6-15-5-8)17-11-10(14)7(4-13)1-2-16-11/h1-3,5-6H,14H2. The van der Waals surface area contributed by atoms with E-state index in [1.54, 1.807) is 6.07 Å². The van der Waals surface area contributed by atoms with Crippen molar-refractivity contribution < 1.29 is 4.74 Å². The molecule has 2 heterocycles. The molecule has 0 aromatic carbocycles. The van der Waals surface area contributed by atoms with Gasteiger partial charge in [-0.15, -0.1) is 0 Å². The van der Waals surface area contributed by atoms with Gasteiger partial charge in [0, 0.05) is 18.5 Å². The molecule has 0 spiro atoms. The molecule has 17 heavy (non-hydrogen) atoms. The van der Waals surface area contributed by atoms with Crippen molar-refractivity contribution >= 4 is 17.3 Å². The summed E-state index contributed by atoms with van der Waals surface area (Å²) in [7, 11) is 0. The van der Waals surface area contributed by atoms with Gasteiger partial charge in [-0.25, -0.2) is 4.98 Å². The van der Waals surface area contributed by atoms with Gasteiger partial charge in [0.25, 0.3) is 0 Å². The van der Waals surface area contributed by atoms with E-state index in [4.69, 9.17) is 27.3 Å². The van der Waals surface area contributed by atoms with Crippen LogP contribution in [0.5, 0.6) is 11.6 Å². The van der Waals surface area contributed by atoms with Crippen molar-refractivity contribution in [1.82, 2.24) is 9.97 Å². The number of hydrogen-bond donors (Lipinski definition) is 1. The summed E-state index contributed by atoms with van der Waals surface area (Å²) in [5.41, 5.74) is 6.22. The smallest absolute Gasteiger partial charge is 0.244 e. The number of nitrogens with two attached hydrogens (primary N) is 1. The first-order chi connectivity index (χ1) is 8.20. The molecule has 84 valence electrons. The Morgan fingerprint density at radius 1 is 1.41 bits per heavy atom. The molecule has 5 nitrogen and oxygen atoms in total. The van der Waals surface area contributed by atoms with Crippen LogP contribution in [0.3, 0.4) is 0 Å². The molecule has 0 fully saturated rings. The Morgan fingerprint density at radius 3 is 2.94 bits per heavy atom. The predicted octanol–water partition coefficient (Wildman–Crippen LogP) is 2.38. The topological polar surface area (TPSA) is 84.8 Å². The average molecular weight is 247 g/mol. The Bertz CT molecular complexity index is 594.